The fourth-order valence-corrected chi connectivity index (χ4v) is 6.01. The van der Waals surface area contributed by atoms with E-state index in [4.69, 9.17) is 0 Å². The van der Waals surface area contributed by atoms with Gasteiger partial charge in [0, 0.05) is 23.5 Å². The molecule has 4 rings (SSSR count). The quantitative estimate of drug-likeness (QED) is 0.869. The summed E-state index contributed by atoms with van der Waals surface area (Å²) < 4.78 is 26.8. The highest BCUT2D eigenvalue weighted by Crippen LogP contribution is 2.30. The number of amides is 1. The van der Waals surface area contributed by atoms with Crippen LogP contribution in [0.3, 0.4) is 0 Å². The number of thiazole rings is 1. The molecule has 1 fully saturated rings. The monoisotopic (exact) mass is 391 g/mol. The van der Waals surface area contributed by atoms with E-state index in [0.29, 0.717) is 23.8 Å². The SMILES string of the molecule is O=C(Nc1nc2c(s1)CCC2)c1ccc(S(=O)(=O)N2CCCCC2)cc1. The average molecular weight is 392 g/mol. The lowest BCUT2D eigenvalue weighted by Gasteiger charge is -2.25. The maximum Gasteiger partial charge on any atom is 0.257 e. The lowest BCUT2D eigenvalue weighted by molar-refractivity contribution is 0.102. The van der Waals surface area contributed by atoms with Crippen LogP contribution in [-0.2, 0) is 22.9 Å². The van der Waals surface area contributed by atoms with E-state index in [9.17, 15) is 13.2 Å². The molecule has 0 bridgehead atoms. The van der Waals surface area contributed by atoms with Gasteiger partial charge >= 0.3 is 0 Å². The highest BCUT2D eigenvalue weighted by molar-refractivity contribution is 7.89. The van der Waals surface area contributed by atoms with Crippen LogP contribution >= 0.6 is 11.3 Å². The summed E-state index contributed by atoms with van der Waals surface area (Å²) in [7, 11) is -3.47. The first-order valence-corrected chi connectivity index (χ1v) is 11.2. The van der Waals surface area contributed by atoms with Crippen molar-refractivity contribution in [2.24, 2.45) is 0 Å². The highest BCUT2D eigenvalue weighted by atomic mass is 32.2. The van der Waals surface area contributed by atoms with Gasteiger partial charge in [-0.1, -0.05) is 6.42 Å². The molecule has 1 aromatic carbocycles. The molecule has 2 aliphatic rings. The third-order valence-electron chi connectivity index (χ3n) is 4.89. The van der Waals surface area contributed by atoms with Crippen LogP contribution in [-0.4, -0.2) is 36.7 Å². The van der Waals surface area contributed by atoms with Gasteiger partial charge in [-0.2, -0.15) is 4.31 Å². The van der Waals surface area contributed by atoms with E-state index in [2.05, 4.69) is 10.3 Å². The third-order valence-corrected chi connectivity index (χ3v) is 7.87. The normalized spacial score (nSPS) is 17.8. The molecule has 6 nitrogen and oxygen atoms in total. The number of sulfonamides is 1. The molecular formula is C18H21N3O3S2. The van der Waals surface area contributed by atoms with Gasteiger partial charge in [-0.05, 0) is 56.4 Å². The summed E-state index contributed by atoms with van der Waals surface area (Å²) >= 11 is 1.53. The molecule has 0 atom stereocenters. The number of benzene rings is 1. The first-order chi connectivity index (χ1) is 12.5. The van der Waals surface area contributed by atoms with E-state index in [-0.39, 0.29) is 10.8 Å². The molecular weight excluding hydrogens is 370 g/mol. The van der Waals surface area contributed by atoms with Crippen LogP contribution in [0, 0.1) is 0 Å². The van der Waals surface area contributed by atoms with Gasteiger partial charge in [-0.25, -0.2) is 13.4 Å². The Balaban J connectivity index is 1.47. The van der Waals surface area contributed by atoms with Gasteiger partial charge in [-0.3, -0.25) is 10.1 Å². The van der Waals surface area contributed by atoms with E-state index in [1.165, 1.54) is 32.7 Å². The summed E-state index contributed by atoms with van der Waals surface area (Å²) in [6.45, 7) is 1.14. The molecule has 1 aliphatic carbocycles. The van der Waals surface area contributed by atoms with Crippen molar-refractivity contribution >= 4 is 32.4 Å². The van der Waals surface area contributed by atoms with Crippen molar-refractivity contribution in [2.75, 3.05) is 18.4 Å². The summed E-state index contributed by atoms with van der Waals surface area (Å²) in [4.78, 5) is 18.4. The van der Waals surface area contributed by atoms with Crippen molar-refractivity contribution in [3.8, 4) is 0 Å². The van der Waals surface area contributed by atoms with Crippen molar-refractivity contribution in [2.45, 2.75) is 43.4 Å². The van der Waals surface area contributed by atoms with Crippen LogP contribution in [0.5, 0.6) is 0 Å². The summed E-state index contributed by atoms with van der Waals surface area (Å²) in [6, 6.07) is 6.16. The van der Waals surface area contributed by atoms with E-state index in [1.807, 2.05) is 0 Å². The van der Waals surface area contributed by atoms with Crippen LogP contribution in [0.25, 0.3) is 0 Å². The number of aromatic nitrogens is 1. The first kappa shape index (κ1) is 17.6. The molecule has 0 radical (unpaired) electrons. The zero-order chi connectivity index (χ0) is 18.1. The highest BCUT2D eigenvalue weighted by Gasteiger charge is 2.26. The molecule has 0 unspecified atom stereocenters. The molecule has 2 aromatic rings. The number of rotatable bonds is 4. The number of carbonyl (C=O) groups excluding carboxylic acids is 1. The van der Waals surface area contributed by atoms with Gasteiger partial charge < -0.3 is 0 Å². The minimum Gasteiger partial charge on any atom is -0.298 e. The van der Waals surface area contributed by atoms with E-state index in [0.717, 1.165) is 44.2 Å². The molecule has 26 heavy (non-hydrogen) atoms. The van der Waals surface area contributed by atoms with E-state index in [1.54, 1.807) is 12.1 Å². The van der Waals surface area contributed by atoms with Gasteiger partial charge in [0.25, 0.3) is 5.91 Å². The van der Waals surface area contributed by atoms with Gasteiger partial charge in [0.1, 0.15) is 0 Å². The number of carbonyl (C=O) groups is 1. The van der Waals surface area contributed by atoms with Gasteiger partial charge in [0.2, 0.25) is 10.0 Å². The number of nitrogens with zero attached hydrogens (tertiary/aromatic N) is 2. The summed E-state index contributed by atoms with van der Waals surface area (Å²) in [5.41, 5.74) is 1.52. The number of nitrogens with one attached hydrogen (secondary N) is 1. The largest absolute Gasteiger partial charge is 0.298 e. The Morgan fingerprint density at radius 1 is 1.04 bits per heavy atom. The van der Waals surface area contributed by atoms with Gasteiger partial charge in [0.15, 0.2) is 5.13 Å². The van der Waals surface area contributed by atoms with Crippen molar-refractivity contribution in [1.82, 2.24) is 9.29 Å². The standard InChI is InChI=1S/C18H21N3O3S2/c22-17(20-18-19-15-5-4-6-16(15)25-18)13-7-9-14(10-8-13)26(23,24)21-11-2-1-3-12-21/h7-10H,1-6,11-12H2,(H,19,20,22). The van der Waals surface area contributed by atoms with Crippen molar-refractivity contribution in [1.29, 1.82) is 0 Å². The predicted molar refractivity (Wildman–Crippen MR) is 101 cm³/mol. The summed E-state index contributed by atoms with van der Waals surface area (Å²) in [5.74, 6) is -0.264. The minimum absolute atomic E-state index is 0.240. The molecule has 1 aromatic heterocycles. The number of piperidine rings is 1. The zero-order valence-electron chi connectivity index (χ0n) is 14.4. The Hall–Kier alpha value is -1.77. The van der Waals surface area contributed by atoms with Crippen LogP contribution < -0.4 is 5.32 Å². The molecule has 1 aliphatic heterocycles. The molecule has 1 N–H and O–H groups in total. The second kappa shape index (κ2) is 7.09. The number of hydrogen-bond donors (Lipinski definition) is 1. The van der Waals surface area contributed by atoms with Crippen LogP contribution in [0.2, 0.25) is 0 Å². The maximum absolute atomic E-state index is 12.7. The van der Waals surface area contributed by atoms with Gasteiger partial charge in [-0.15, -0.1) is 11.3 Å². The van der Waals surface area contributed by atoms with E-state index < -0.39 is 10.0 Å². The Morgan fingerprint density at radius 2 is 1.77 bits per heavy atom. The lowest BCUT2D eigenvalue weighted by Crippen LogP contribution is -2.35. The van der Waals surface area contributed by atoms with Crippen LogP contribution in [0.4, 0.5) is 5.13 Å². The fourth-order valence-electron chi connectivity index (χ4n) is 3.45. The Morgan fingerprint density at radius 3 is 2.46 bits per heavy atom. The summed E-state index contributed by atoms with van der Waals surface area (Å²) in [5, 5.41) is 3.43. The molecule has 8 heteroatoms. The van der Waals surface area contributed by atoms with Crippen LogP contribution in [0.1, 0.15) is 46.6 Å². The van der Waals surface area contributed by atoms with Crippen LogP contribution in [0.15, 0.2) is 29.2 Å². The zero-order valence-corrected chi connectivity index (χ0v) is 16.0. The smallest absolute Gasteiger partial charge is 0.257 e. The third kappa shape index (κ3) is 3.41. The number of aryl methyl sites for hydroxylation is 2. The number of hydrogen-bond acceptors (Lipinski definition) is 5. The molecule has 2 heterocycles. The lowest BCUT2D eigenvalue weighted by atomic mass is 10.2. The van der Waals surface area contributed by atoms with Crippen molar-refractivity contribution < 1.29 is 13.2 Å². The van der Waals surface area contributed by atoms with E-state index >= 15 is 0 Å². The minimum atomic E-state index is -3.47. The van der Waals surface area contributed by atoms with Gasteiger partial charge in [0.05, 0.1) is 10.6 Å². The van der Waals surface area contributed by atoms with Crippen molar-refractivity contribution in [3.63, 3.8) is 0 Å². The number of fused-ring (bicyclic) bond motifs is 1. The topological polar surface area (TPSA) is 79.4 Å². The first-order valence-electron chi connectivity index (χ1n) is 8.94. The Kier molecular flexibility index (Phi) is 4.81. The Bertz CT molecular complexity index is 892. The second-order valence-corrected chi connectivity index (χ2v) is 9.71. The predicted octanol–water partition coefficient (Wildman–Crippen LogP) is 3.06. The molecule has 138 valence electrons. The van der Waals surface area contributed by atoms with Crippen molar-refractivity contribution in [3.05, 3.63) is 40.4 Å². The molecule has 0 spiro atoms. The molecule has 1 amide bonds. The Labute approximate surface area is 157 Å². The summed E-state index contributed by atoms with van der Waals surface area (Å²) in [6.07, 6.45) is 6.02. The molecule has 1 saturated heterocycles. The maximum atomic E-state index is 12.7. The number of anilines is 1. The average Bonchev–Trinajstić information content (AvgIpc) is 3.24. The fraction of sp³-hybridized carbons (Fsp3) is 0.444. The molecule has 0 saturated carbocycles. The second-order valence-electron chi connectivity index (χ2n) is 6.69.